The Labute approximate surface area is 171 Å². The highest BCUT2D eigenvalue weighted by molar-refractivity contribution is 5.77. The Morgan fingerprint density at radius 1 is 0.933 bits per heavy atom. The summed E-state index contributed by atoms with van der Waals surface area (Å²) in [5.74, 6) is -1.47. The number of anilines is 3. The fourth-order valence-corrected chi connectivity index (χ4v) is 3.08. The lowest BCUT2D eigenvalue weighted by Gasteiger charge is -2.23. The molecule has 0 aliphatic rings. The molecular weight excluding hydrogens is 399 g/mol. The van der Waals surface area contributed by atoms with Crippen molar-refractivity contribution in [3.05, 3.63) is 95.6 Å². The number of alkyl halides is 3. The minimum absolute atomic E-state index is 0.0560. The van der Waals surface area contributed by atoms with Crippen molar-refractivity contribution in [2.45, 2.75) is 13.1 Å². The van der Waals surface area contributed by atoms with Crippen LogP contribution in [0.1, 0.15) is 16.7 Å². The summed E-state index contributed by atoms with van der Waals surface area (Å²) >= 11 is 0. The summed E-state index contributed by atoms with van der Waals surface area (Å²) in [6.45, 7) is 5.41. The Morgan fingerprint density at radius 2 is 1.53 bits per heavy atom. The van der Waals surface area contributed by atoms with Gasteiger partial charge in [-0.1, -0.05) is 18.7 Å². The van der Waals surface area contributed by atoms with E-state index in [-0.39, 0.29) is 11.3 Å². The van der Waals surface area contributed by atoms with Crippen molar-refractivity contribution in [3.8, 4) is 0 Å². The molecule has 156 valence electrons. The quantitative estimate of drug-likeness (QED) is 0.443. The van der Waals surface area contributed by atoms with Gasteiger partial charge in [-0.15, -0.1) is 0 Å². The fraction of sp³-hybridized carbons (Fsp3) is 0.130. The molecule has 0 spiro atoms. The molecule has 2 nitrogen and oxygen atoms in total. The fourth-order valence-electron chi connectivity index (χ4n) is 3.08. The zero-order chi connectivity index (χ0) is 22.1. The van der Waals surface area contributed by atoms with E-state index in [0.717, 1.165) is 24.3 Å². The minimum Gasteiger partial charge on any atom is -0.355 e. The zero-order valence-corrected chi connectivity index (χ0v) is 16.3. The second-order valence-electron chi connectivity index (χ2n) is 6.81. The van der Waals surface area contributed by atoms with Crippen LogP contribution in [0.4, 0.5) is 39.0 Å². The van der Waals surface area contributed by atoms with Crippen LogP contribution in [0.3, 0.4) is 0 Å². The number of halogens is 5. The minimum atomic E-state index is -4.43. The van der Waals surface area contributed by atoms with E-state index in [4.69, 9.17) is 0 Å². The molecule has 1 N–H and O–H groups in total. The van der Waals surface area contributed by atoms with Crippen LogP contribution >= 0.6 is 0 Å². The van der Waals surface area contributed by atoms with Gasteiger partial charge in [0.1, 0.15) is 11.6 Å². The Hall–Kier alpha value is -3.35. The van der Waals surface area contributed by atoms with Crippen LogP contribution in [0.5, 0.6) is 0 Å². The van der Waals surface area contributed by atoms with Gasteiger partial charge in [0.25, 0.3) is 0 Å². The van der Waals surface area contributed by atoms with Crippen LogP contribution in [0, 0.1) is 18.6 Å². The van der Waals surface area contributed by atoms with Crippen molar-refractivity contribution < 1.29 is 22.0 Å². The lowest BCUT2D eigenvalue weighted by atomic mass is 10.1. The number of nitrogens with zero attached hydrogens (tertiary/aromatic N) is 1. The maximum Gasteiger partial charge on any atom is 0.416 e. The summed E-state index contributed by atoms with van der Waals surface area (Å²) in [4.78, 5) is 1.64. The number of hydrogen-bond donors (Lipinski definition) is 1. The smallest absolute Gasteiger partial charge is 0.355 e. The summed E-state index contributed by atoms with van der Waals surface area (Å²) < 4.78 is 66.9. The second-order valence-corrected chi connectivity index (χ2v) is 6.81. The highest BCUT2D eigenvalue weighted by Gasteiger charge is 2.31. The lowest BCUT2D eigenvalue weighted by molar-refractivity contribution is -0.137. The normalized spacial score (nSPS) is 11.3. The van der Waals surface area contributed by atoms with Crippen molar-refractivity contribution in [2.24, 2.45) is 0 Å². The number of benzene rings is 3. The Balaban J connectivity index is 1.81. The van der Waals surface area contributed by atoms with E-state index in [1.54, 1.807) is 43.1 Å². The van der Waals surface area contributed by atoms with Crippen molar-refractivity contribution in [3.63, 3.8) is 0 Å². The Bertz CT molecular complexity index is 1050. The van der Waals surface area contributed by atoms with Crippen LogP contribution in [-0.2, 0) is 6.18 Å². The molecule has 0 bridgehead atoms. The maximum atomic E-state index is 13.9. The molecule has 3 aromatic rings. The summed E-state index contributed by atoms with van der Waals surface area (Å²) in [5.41, 5.74) is 1.36. The third-order valence-corrected chi connectivity index (χ3v) is 4.71. The summed E-state index contributed by atoms with van der Waals surface area (Å²) in [5, 5.41) is 2.84. The number of hydrogen-bond acceptors (Lipinski definition) is 2. The molecule has 3 aromatic carbocycles. The lowest BCUT2D eigenvalue weighted by Crippen LogP contribution is -2.13. The summed E-state index contributed by atoms with van der Waals surface area (Å²) in [7, 11) is 1.67. The molecule has 30 heavy (non-hydrogen) atoms. The molecular formula is C23H19F5N2. The monoisotopic (exact) mass is 418 g/mol. The van der Waals surface area contributed by atoms with Crippen molar-refractivity contribution in [1.29, 1.82) is 0 Å². The first kappa shape index (κ1) is 21.4. The van der Waals surface area contributed by atoms with E-state index >= 15 is 0 Å². The molecule has 0 aromatic heterocycles. The molecule has 0 fully saturated rings. The van der Waals surface area contributed by atoms with Gasteiger partial charge >= 0.3 is 6.18 Å². The first-order valence-corrected chi connectivity index (χ1v) is 9.00. The number of rotatable bonds is 5. The van der Waals surface area contributed by atoms with Crippen molar-refractivity contribution >= 4 is 22.8 Å². The van der Waals surface area contributed by atoms with Gasteiger partial charge in [-0.2, -0.15) is 13.2 Å². The molecule has 7 heteroatoms. The molecule has 0 aliphatic carbocycles. The molecule has 0 atom stereocenters. The van der Waals surface area contributed by atoms with Gasteiger partial charge in [0.15, 0.2) is 0 Å². The average Bonchev–Trinajstić information content (AvgIpc) is 2.67. The summed E-state index contributed by atoms with van der Waals surface area (Å²) in [6, 6.07) is 13.8. The first-order valence-electron chi connectivity index (χ1n) is 9.00. The summed E-state index contributed by atoms with van der Waals surface area (Å²) in [6.07, 6.45) is -4.43. The zero-order valence-electron chi connectivity index (χ0n) is 16.3. The van der Waals surface area contributed by atoms with Crippen molar-refractivity contribution in [2.75, 3.05) is 17.3 Å². The predicted molar refractivity (Wildman–Crippen MR) is 110 cm³/mol. The molecule has 0 amide bonds. The van der Waals surface area contributed by atoms with E-state index in [9.17, 15) is 22.0 Å². The van der Waals surface area contributed by atoms with Gasteiger partial charge in [0.05, 0.1) is 11.1 Å². The number of aryl methyl sites for hydroxylation is 1. The van der Waals surface area contributed by atoms with Crippen LogP contribution in [0.15, 0.2) is 67.2 Å². The van der Waals surface area contributed by atoms with E-state index in [0.29, 0.717) is 22.6 Å². The molecule has 0 unspecified atom stereocenters. The van der Waals surface area contributed by atoms with E-state index in [1.165, 1.54) is 12.1 Å². The second kappa shape index (κ2) is 8.18. The van der Waals surface area contributed by atoms with Gasteiger partial charge in [-0.05, 0) is 61.0 Å². The SMILES string of the molecule is C=C(Nc1ccc(N(C)c2cc(C(F)(F)F)ccc2C)cc1)c1c(F)cccc1F. The Morgan fingerprint density at radius 3 is 2.10 bits per heavy atom. The molecule has 0 saturated heterocycles. The largest absolute Gasteiger partial charge is 0.416 e. The molecule has 0 aliphatic heterocycles. The van der Waals surface area contributed by atoms with Gasteiger partial charge in [0, 0.05) is 29.8 Å². The van der Waals surface area contributed by atoms with Gasteiger partial charge in [-0.25, -0.2) is 8.78 Å². The van der Waals surface area contributed by atoms with E-state index in [1.807, 2.05) is 0 Å². The Kier molecular flexibility index (Phi) is 5.82. The van der Waals surface area contributed by atoms with E-state index < -0.39 is 23.4 Å². The maximum absolute atomic E-state index is 13.9. The van der Waals surface area contributed by atoms with Crippen LogP contribution in [0.2, 0.25) is 0 Å². The highest BCUT2D eigenvalue weighted by atomic mass is 19.4. The third-order valence-electron chi connectivity index (χ3n) is 4.71. The van der Waals surface area contributed by atoms with Gasteiger partial charge < -0.3 is 10.2 Å². The first-order chi connectivity index (χ1) is 14.1. The van der Waals surface area contributed by atoms with Crippen LogP contribution in [0.25, 0.3) is 5.70 Å². The predicted octanol–water partition coefficient (Wildman–Crippen LogP) is 7.14. The van der Waals surface area contributed by atoms with E-state index in [2.05, 4.69) is 11.9 Å². The third kappa shape index (κ3) is 4.45. The van der Waals surface area contributed by atoms with Gasteiger partial charge in [0.2, 0.25) is 0 Å². The van der Waals surface area contributed by atoms with Crippen LogP contribution in [-0.4, -0.2) is 7.05 Å². The van der Waals surface area contributed by atoms with Gasteiger partial charge in [-0.3, -0.25) is 0 Å². The van der Waals surface area contributed by atoms with Crippen LogP contribution < -0.4 is 10.2 Å². The highest BCUT2D eigenvalue weighted by Crippen LogP contribution is 2.35. The molecule has 0 radical (unpaired) electrons. The van der Waals surface area contributed by atoms with Crippen molar-refractivity contribution in [1.82, 2.24) is 0 Å². The number of nitrogens with one attached hydrogen (secondary N) is 1. The average molecular weight is 418 g/mol. The molecule has 0 saturated carbocycles. The standard InChI is InChI=1S/C23H19F5N2/c1-14-7-8-16(23(26,27)28)13-21(14)30(3)18-11-9-17(10-12-18)29-15(2)22-19(24)5-4-6-20(22)25/h4-13,29H,2H2,1,3H3. The molecule has 3 rings (SSSR count). The topological polar surface area (TPSA) is 15.3 Å². The molecule has 0 heterocycles.